The van der Waals surface area contributed by atoms with E-state index >= 15 is 0 Å². The van der Waals surface area contributed by atoms with Crippen LogP contribution in [0.4, 0.5) is 10.5 Å². The lowest BCUT2D eigenvalue weighted by Crippen LogP contribution is -2.29. The highest BCUT2D eigenvalue weighted by atomic mass is 16.7. The van der Waals surface area contributed by atoms with Gasteiger partial charge in [0, 0.05) is 31.3 Å². The fraction of sp³-hybridized carbons (Fsp3) is 0.294. The standard InChI is InChI=1S/C17H19N3O3/c1-11-5-4-6-13(19-11)10-18-16(21)20-12-7-8-14-15(9-12)23-17(2,3)22-14/h4-9H,10H2,1-3H3,(H2,18,20,21). The minimum Gasteiger partial charge on any atom is -0.449 e. The van der Waals surface area contributed by atoms with Crippen molar-refractivity contribution in [2.75, 3.05) is 5.32 Å². The summed E-state index contributed by atoms with van der Waals surface area (Å²) in [5.74, 6) is 0.609. The third kappa shape index (κ3) is 3.71. The topological polar surface area (TPSA) is 72.5 Å². The number of fused-ring (bicyclic) bond motifs is 1. The number of anilines is 1. The molecule has 0 saturated heterocycles. The number of pyridine rings is 1. The van der Waals surface area contributed by atoms with Crippen LogP contribution in [-0.4, -0.2) is 16.8 Å². The van der Waals surface area contributed by atoms with E-state index in [9.17, 15) is 4.79 Å². The Bertz CT molecular complexity index is 744. The van der Waals surface area contributed by atoms with Crippen molar-refractivity contribution in [1.82, 2.24) is 10.3 Å². The lowest BCUT2D eigenvalue weighted by Gasteiger charge is -2.16. The molecular formula is C17H19N3O3. The van der Waals surface area contributed by atoms with Gasteiger partial charge in [-0.15, -0.1) is 0 Å². The van der Waals surface area contributed by atoms with Crippen LogP contribution in [0.2, 0.25) is 0 Å². The third-order valence-corrected chi connectivity index (χ3v) is 3.29. The maximum atomic E-state index is 12.0. The number of ether oxygens (including phenoxy) is 2. The normalized spacial score (nSPS) is 14.4. The van der Waals surface area contributed by atoms with Crippen LogP contribution in [0.1, 0.15) is 25.2 Å². The highest BCUT2D eigenvalue weighted by Crippen LogP contribution is 2.40. The molecular weight excluding hydrogens is 294 g/mol. The van der Waals surface area contributed by atoms with Gasteiger partial charge in [0.25, 0.3) is 0 Å². The number of carbonyl (C=O) groups excluding carboxylic acids is 1. The molecule has 0 fully saturated rings. The van der Waals surface area contributed by atoms with Crippen molar-refractivity contribution in [3.05, 3.63) is 47.8 Å². The van der Waals surface area contributed by atoms with Gasteiger partial charge in [0.05, 0.1) is 12.2 Å². The van der Waals surface area contributed by atoms with Crippen LogP contribution in [-0.2, 0) is 6.54 Å². The summed E-state index contributed by atoms with van der Waals surface area (Å²) in [6.45, 7) is 5.95. The Morgan fingerprint density at radius 1 is 1.17 bits per heavy atom. The molecule has 0 radical (unpaired) electrons. The predicted octanol–water partition coefficient (Wildman–Crippen LogP) is 3.22. The van der Waals surface area contributed by atoms with E-state index in [0.717, 1.165) is 11.4 Å². The monoisotopic (exact) mass is 313 g/mol. The molecule has 0 bridgehead atoms. The molecule has 1 aromatic carbocycles. The van der Waals surface area contributed by atoms with Gasteiger partial charge in [-0.2, -0.15) is 0 Å². The molecule has 23 heavy (non-hydrogen) atoms. The van der Waals surface area contributed by atoms with Gasteiger partial charge in [0.15, 0.2) is 11.5 Å². The molecule has 2 heterocycles. The van der Waals surface area contributed by atoms with E-state index in [1.54, 1.807) is 18.2 Å². The number of aromatic nitrogens is 1. The molecule has 0 atom stereocenters. The van der Waals surface area contributed by atoms with Crippen molar-refractivity contribution in [3.63, 3.8) is 0 Å². The number of aryl methyl sites for hydroxylation is 1. The van der Waals surface area contributed by atoms with Crippen LogP contribution in [0.5, 0.6) is 11.5 Å². The fourth-order valence-electron chi connectivity index (χ4n) is 2.34. The van der Waals surface area contributed by atoms with Gasteiger partial charge in [0.2, 0.25) is 5.79 Å². The summed E-state index contributed by atoms with van der Waals surface area (Å²) in [6.07, 6.45) is 0. The zero-order chi connectivity index (χ0) is 16.4. The summed E-state index contributed by atoms with van der Waals surface area (Å²) >= 11 is 0. The number of rotatable bonds is 3. The Balaban J connectivity index is 1.59. The number of benzene rings is 1. The first kappa shape index (κ1) is 15.1. The molecule has 1 aliphatic rings. The molecule has 0 unspecified atom stereocenters. The number of hydrogen-bond acceptors (Lipinski definition) is 4. The number of hydrogen-bond donors (Lipinski definition) is 2. The van der Waals surface area contributed by atoms with Crippen LogP contribution < -0.4 is 20.1 Å². The van der Waals surface area contributed by atoms with Gasteiger partial charge in [-0.25, -0.2) is 4.79 Å². The smallest absolute Gasteiger partial charge is 0.319 e. The molecule has 6 nitrogen and oxygen atoms in total. The van der Waals surface area contributed by atoms with E-state index in [1.165, 1.54) is 0 Å². The van der Waals surface area contributed by atoms with Crippen molar-refractivity contribution >= 4 is 11.7 Å². The van der Waals surface area contributed by atoms with Gasteiger partial charge in [-0.1, -0.05) is 6.07 Å². The maximum Gasteiger partial charge on any atom is 0.319 e. The lowest BCUT2D eigenvalue weighted by molar-refractivity contribution is -0.0431. The van der Waals surface area contributed by atoms with E-state index in [0.29, 0.717) is 23.7 Å². The maximum absolute atomic E-state index is 12.0. The first-order valence-corrected chi connectivity index (χ1v) is 7.41. The van der Waals surface area contributed by atoms with Crippen LogP contribution in [0.3, 0.4) is 0 Å². The minimum atomic E-state index is -0.681. The zero-order valence-electron chi connectivity index (χ0n) is 13.3. The summed E-state index contributed by atoms with van der Waals surface area (Å²) in [5, 5.41) is 5.54. The van der Waals surface area contributed by atoms with Gasteiger partial charge in [0.1, 0.15) is 0 Å². The average molecular weight is 313 g/mol. The Hall–Kier alpha value is -2.76. The Labute approximate surface area is 134 Å². The fourth-order valence-corrected chi connectivity index (χ4v) is 2.34. The van der Waals surface area contributed by atoms with Crippen LogP contribution in [0, 0.1) is 6.92 Å². The highest BCUT2D eigenvalue weighted by molar-refractivity contribution is 5.89. The summed E-state index contributed by atoms with van der Waals surface area (Å²) in [6, 6.07) is 10.7. The molecule has 3 rings (SSSR count). The lowest BCUT2D eigenvalue weighted by atomic mass is 10.3. The molecule has 6 heteroatoms. The summed E-state index contributed by atoms with van der Waals surface area (Å²) in [5.41, 5.74) is 2.37. The molecule has 2 amide bonds. The van der Waals surface area contributed by atoms with E-state index in [-0.39, 0.29) is 6.03 Å². The van der Waals surface area contributed by atoms with Crippen molar-refractivity contribution in [1.29, 1.82) is 0 Å². The highest BCUT2D eigenvalue weighted by Gasteiger charge is 2.31. The van der Waals surface area contributed by atoms with E-state index in [4.69, 9.17) is 9.47 Å². The first-order valence-electron chi connectivity index (χ1n) is 7.41. The number of carbonyl (C=O) groups is 1. The molecule has 2 N–H and O–H groups in total. The predicted molar refractivity (Wildman–Crippen MR) is 86.6 cm³/mol. The first-order chi connectivity index (χ1) is 10.9. The van der Waals surface area contributed by atoms with Gasteiger partial charge in [-0.3, -0.25) is 4.98 Å². The van der Waals surface area contributed by atoms with Crippen LogP contribution in [0.25, 0.3) is 0 Å². The number of nitrogens with one attached hydrogen (secondary N) is 2. The van der Waals surface area contributed by atoms with E-state index < -0.39 is 5.79 Å². The molecule has 0 spiro atoms. The number of nitrogens with zero attached hydrogens (tertiary/aromatic N) is 1. The molecule has 0 saturated carbocycles. The quantitative estimate of drug-likeness (QED) is 0.912. The summed E-state index contributed by atoms with van der Waals surface area (Å²) < 4.78 is 11.3. The summed E-state index contributed by atoms with van der Waals surface area (Å²) in [7, 11) is 0. The SMILES string of the molecule is Cc1cccc(CNC(=O)Nc2ccc3c(c2)OC(C)(C)O3)n1. The van der Waals surface area contributed by atoms with Gasteiger partial charge in [-0.05, 0) is 31.2 Å². The number of amides is 2. The second-order valence-corrected chi connectivity index (χ2v) is 5.84. The van der Waals surface area contributed by atoms with Gasteiger partial charge < -0.3 is 20.1 Å². The minimum absolute atomic E-state index is 0.300. The Morgan fingerprint density at radius 3 is 2.74 bits per heavy atom. The van der Waals surface area contributed by atoms with E-state index in [1.807, 2.05) is 39.0 Å². The molecule has 2 aromatic rings. The summed E-state index contributed by atoms with van der Waals surface area (Å²) in [4.78, 5) is 16.3. The number of urea groups is 1. The van der Waals surface area contributed by atoms with Crippen molar-refractivity contribution in [2.45, 2.75) is 33.1 Å². The van der Waals surface area contributed by atoms with Crippen LogP contribution in [0.15, 0.2) is 36.4 Å². The zero-order valence-corrected chi connectivity index (χ0v) is 13.3. The Kier molecular flexibility index (Phi) is 3.82. The second kappa shape index (κ2) is 5.79. The largest absolute Gasteiger partial charge is 0.449 e. The third-order valence-electron chi connectivity index (χ3n) is 3.29. The van der Waals surface area contributed by atoms with Gasteiger partial charge >= 0.3 is 6.03 Å². The van der Waals surface area contributed by atoms with E-state index in [2.05, 4.69) is 15.6 Å². The Morgan fingerprint density at radius 2 is 1.96 bits per heavy atom. The molecule has 0 aliphatic carbocycles. The molecule has 1 aliphatic heterocycles. The second-order valence-electron chi connectivity index (χ2n) is 5.84. The van der Waals surface area contributed by atoms with Crippen molar-refractivity contribution in [2.24, 2.45) is 0 Å². The van der Waals surface area contributed by atoms with Crippen molar-refractivity contribution in [3.8, 4) is 11.5 Å². The van der Waals surface area contributed by atoms with Crippen molar-refractivity contribution < 1.29 is 14.3 Å². The van der Waals surface area contributed by atoms with Crippen LogP contribution >= 0.6 is 0 Å². The molecule has 120 valence electrons. The average Bonchev–Trinajstić information content (AvgIpc) is 2.78. The molecule has 1 aromatic heterocycles.